The predicted molar refractivity (Wildman–Crippen MR) is 69.3 cm³/mol. The Kier molecular flexibility index (Phi) is 4.58. The summed E-state index contributed by atoms with van der Waals surface area (Å²) in [4.78, 5) is 16.0. The summed E-state index contributed by atoms with van der Waals surface area (Å²) < 4.78 is 6.81. The summed E-state index contributed by atoms with van der Waals surface area (Å²) in [5, 5.41) is 7.06. The van der Waals surface area contributed by atoms with Crippen molar-refractivity contribution in [2.24, 2.45) is 0 Å². The monoisotopic (exact) mass is 283 g/mol. The minimum atomic E-state index is 0.0513. The predicted octanol–water partition coefficient (Wildman–Crippen LogP) is 0.943. The Bertz CT molecular complexity index is 519. The average Bonchev–Trinajstić information content (AvgIpc) is 2.90. The van der Waals surface area contributed by atoms with E-state index in [1.807, 2.05) is 13.8 Å². The second-order valence-corrected chi connectivity index (χ2v) is 4.05. The molecule has 19 heavy (non-hydrogen) atoms. The molecule has 0 fully saturated rings. The number of ether oxygens (including phenoxy) is 1. The molecule has 2 rings (SSSR count). The van der Waals surface area contributed by atoms with E-state index in [2.05, 4.69) is 30.4 Å². The second kappa shape index (κ2) is 6.39. The van der Waals surface area contributed by atoms with Crippen molar-refractivity contribution in [3.63, 3.8) is 0 Å². The molecule has 1 unspecified atom stereocenters. The van der Waals surface area contributed by atoms with E-state index in [1.54, 1.807) is 0 Å². The van der Waals surface area contributed by atoms with Crippen LogP contribution >= 0.6 is 11.6 Å². The number of anilines is 1. The molecule has 102 valence electrons. The number of halogens is 1. The molecule has 0 bridgehead atoms. The van der Waals surface area contributed by atoms with E-state index in [9.17, 15) is 0 Å². The summed E-state index contributed by atoms with van der Waals surface area (Å²) in [6.07, 6.45) is 2.93. The van der Waals surface area contributed by atoms with Crippen LogP contribution in [0.2, 0.25) is 5.28 Å². The van der Waals surface area contributed by atoms with Crippen LogP contribution in [0.15, 0.2) is 12.7 Å². The van der Waals surface area contributed by atoms with Gasteiger partial charge in [-0.15, -0.1) is 0 Å². The minimum absolute atomic E-state index is 0.0513. The normalized spacial score (nSPS) is 12.4. The standard InChI is InChI=1S/C10H14ClN7O/c1-3-19-7(2)4-13-9-15-8(11)16-10(17-9)18-6-12-5-14-18/h5-7H,3-4H2,1-2H3,(H,13,15,16,17). The molecule has 1 atom stereocenters. The fourth-order valence-corrected chi connectivity index (χ4v) is 1.57. The molecule has 8 nitrogen and oxygen atoms in total. The van der Waals surface area contributed by atoms with Crippen molar-refractivity contribution in [1.82, 2.24) is 29.7 Å². The molecule has 0 saturated heterocycles. The van der Waals surface area contributed by atoms with Crippen molar-refractivity contribution in [2.75, 3.05) is 18.5 Å². The molecule has 2 heterocycles. The first-order valence-corrected chi connectivity index (χ1v) is 6.19. The smallest absolute Gasteiger partial charge is 0.258 e. The third-order valence-electron chi connectivity index (χ3n) is 2.22. The van der Waals surface area contributed by atoms with E-state index in [-0.39, 0.29) is 11.4 Å². The lowest BCUT2D eigenvalue weighted by atomic mass is 10.4. The maximum absolute atomic E-state index is 5.85. The lowest BCUT2D eigenvalue weighted by molar-refractivity contribution is 0.0854. The summed E-state index contributed by atoms with van der Waals surface area (Å²) in [6.45, 7) is 5.13. The lowest BCUT2D eigenvalue weighted by Crippen LogP contribution is -2.21. The molecule has 0 saturated carbocycles. The van der Waals surface area contributed by atoms with Gasteiger partial charge in [0.2, 0.25) is 11.2 Å². The van der Waals surface area contributed by atoms with Crippen LogP contribution in [0.5, 0.6) is 0 Å². The summed E-state index contributed by atoms with van der Waals surface area (Å²) >= 11 is 5.85. The molecule has 0 aliphatic carbocycles. The number of hydrogen-bond acceptors (Lipinski definition) is 7. The van der Waals surface area contributed by atoms with Gasteiger partial charge in [0.1, 0.15) is 12.7 Å². The number of hydrogen-bond donors (Lipinski definition) is 1. The van der Waals surface area contributed by atoms with Crippen molar-refractivity contribution < 1.29 is 4.74 Å². The van der Waals surface area contributed by atoms with Crippen LogP contribution in [0.1, 0.15) is 13.8 Å². The molecule has 9 heteroatoms. The quantitative estimate of drug-likeness (QED) is 0.843. The van der Waals surface area contributed by atoms with Gasteiger partial charge in [-0.2, -0.15) is 24.7 Å². The first-order valence-electron chi connectivity index (χ1n) is 5.81. The van der Waals surface area contributed by atoms with Crippen LogP contribution in [-0.2, 0) is 4.74 Å². The van der Waals surface area contributed by atoms with Gasteiger partial charge in [0.25, 0.3) is 5.95 Å². The molecule has 0 amide bonds. The van der Waals surface area contributed by atoms with Crippen molar-refractivity contribution >= 4 is 17.5 Å². The van der Waals surface area contributed by atoms with Gasteiger partial charge in [-0.1, -0.05) is 0 Å². The highest BCUT2D eigenvalue weighted by Crippen LogP contribution is 2.08. The van der Waals surface area contributed by atoms with E-state index in [1.165, 1.54) is 17.3 Å². The SMILES string of the molecule is CCOC(C)CNc1nc(Cl)nc(-n2cncn2)n1. The van der Waals surface area contributed by atoms with Crippen molar-refractivity contribution in [3.8, 4) is 5.95 Å². The van der Waals surface area contributed by atoms with Crippen LogP contribution in [-0.4, -0.2) is 49.0 Å². The molecular weight excluding hydrogens is 270 g/mol. The Morgan fingerprint density at radius 1 is 1.42 bits per heavy atom. The molecule has 1 N–H and O–H groups in total. The van der Waals surface area contributed by atoms with Gasteiger partial charge >= 0.3 is 0 Å². The number of rotatable bonds is 6. The van der Waals surface area contributed by atoms with Gasteiger partial charge in [-0.3, -0.25) is 0 Å². The molecule has 0 aliphatic rings. The van der Waals surface area contributed by atoms with Gasteiger partial charge in [-0.25, -0.2) is 4.98 Å². The van der Waals surface area contributed by atoms with Gasteiger partial charge < -0.3 is 10.1 Å². The van der Waals surface area contributed by atoms with Crippen molar-refractivity contribution in [2.45, 2.75) is 20.0 Å². The zero-order valence-electron chi connectivity index (χ0n) is 10.6. The Hall–Kier alpha value is -1.80. The summed E-state index contributed by atoms with van der Waals surface area (Å²) in [5.74, 6) is 0.682. The van der Waals surface area contributed by atoms with Crippen LogP contribution in [0, 0.1) is 0 Å². The van der Waals surface area contributed by atoms with Gasteiger partial charge in [0.15, 0.2) is 0 Å². The fraction of sp³-hybridized carbons (Fsp3) is 0.500. The highest BCUT2D eigenvalue weighted by Gasteiger charge is 2.08. The zero-order chi connectivity index (χ0) is 13.7. The Labute approximate surface area is 115 Å². The molecule has 0 aliphatic heterocycles. The lowest BCUT2D eigenvalue weighted by Gasteiger charge is -2.12. The maximum atomic E-state index is 5.85. The first-order chi connectivity index (χ1) is 9.19. The molecular formula is C10H14ClN7O. The minimum Gasteiger partial charge on any atom is -0.377 e. The third-order valence-corrected chi connectivity index (χ3v) is 2.39. The summed E-state index contributed by atoms with van der Waals surface area (Å²) in [5.41, 5.74) is 0. The van der Waals surface area contributed by atoms with E-state index >= 15 is 0 Å². The highest BCUT2D eigenvalue weighted by molar-refractivity contribution is 6.28. The summed E-state index contributed by atoms with van der Waals surface area (Å²) in [7, 11) is 0. The number of nitrogens with zero attached hydrogens (tertiary/aromatic N) is 6. The van der Waals surface area contributed by atoms with Gasteiger partial charge in [0, 0.05) is 13.2 Å². The van der Waals surface area contributed by atoms with E-state index in [4.69, 9.17) is 16.3 Å². The Balaban J connectivity index is 2.09. The van der Waals surface area contributed by atoms with Gasteiger partial charge in [0.05, 0.1) is 6.10 Å². The van der Waals surface area contributed by atoms with E-state index in [0.717, 1.165) is 0 Å². The Morgan fingerprint density at radius 3 is 2.95 bits per heavy atom. The molecule has 0 spiro atoms. The van der Waals surface area contributed by atoms with Crippen LogP contribution in [0.25, 0.3) is 5.95 Å². The Morgan fingerprint density at radius 2 is 2.26 bits per heavy atom. The summed E-state index contributed by atoms with van der Waals surface area (Å²) in [6, 6.07) is 0. The van der Waals surface area contributed by atoms with Gasteiger partial charge in [-0.05, 0) is 25.4 Å². The maximum Gasteiger partial charge on any atom is 0.258 e. The van der Waals surface area contributed by atoms with E-state index < -0.39 is 0 Å². The average molecular weight is 284 g/mol. The fourth-order valence-electron chi connectivity index (χ4n) is 1.41. The number of aromatic nitrogens is 6. The van der Waals surface area contributed by atoms with Crippen LogP contribution in [0.4, 0.5) is 5.95 Å². The van der Waals surface area contributed by atoms with Crippen molar-refractivity contribution in [1.29, 1.82) is 0 Å². The van der Waals surface area contributed by atoms with E-state index in [0.29, 0.717) is 25.0 Å². The van der Waals surface area contributed by atoms with Crippen molar-refractivity contribution in [3.05, 3.63) is 17.9 Å². The van der Waals surface area contributed by atoms with Crippen LogP contribution in [0.3, 0.4) is 0 Å². The highest BCUT2D eigenvalue weighted by atomic mass is 35.5. The molecule has 0 radical (unpaired) electrons. The second-order valence-electron chi connectivity index (χ2n) is 3.71. The zero-order valence-corrected chi connectivity index (χ0v) is 11.4. The molecule has 2 aromatic rings. The molecule has 0 aromatic carbocycles. The van der Waals surface area contributed by atoms with Crippen LogP contribution < -0.4 is 5.32 Å². The first kappa shape index (κ1) is 13.6. The largest absolute Gasteiger partial charge is 0.377 e. The number of nitrogens with one attached hydrogen (secondary N) is 1. The molecule has 2 aromatic heterocycles. The third kappa shape index (κ3) is 3.83. The topological polar surface area (TPSA) is 90.6 Å².